The Kier molecular flexibility index (Phi) is 2.56. The van der Waals surface area contributed by atoms with E-state index in [2.05, 4.69) is 22.3 Å². The predicted octanol–water partition coefficient (Wildman–Crippen LogP) is 2.53. The van der Waals surface area contributed by atoms with Crippen LogP contribution >= 0.6 is 11.6 Å². The van der Waals surface area contributed by atoms with E-state index in [1.54, 1.807) is 0 Å². The lowest BCUT2D eigenvalue weighted by molar-refractivity contribution is 0.369. The quantitative estimate of drug-likeness (QED) is 0.806. The maximum Gasteiger partial charge on any atom is 0.0639 e. The molecule has 0 aliphatic carbocycles. The highest BCUT2D eigenvalue weighted by atomic mass is 35.5. The van der Waals surface area contributed by atoms with Crippen molar-refractivity contribution < 1.29 is 0 Å². The van der Waals surface area contributed by atoms with Gasteiger partial charge in [0.25, 0.3) is 0 Å². The number of halogens is 1. The van der Waals surface area contributed by atoms with Gasteiger partial charge in [0.15, 0.2) is 0 Å². The van der Waals surface area contributed by atoms with E-state index in [9.17, 15) is 0 Å². The highest BCUT2D eigenvalue weighted by Crippen LogP contribution is 2.39. The molecule has 1 aromatic rings. The standard InChI is InChI=1S/C13H17ClN2/c14-11-3-1-2-4-12(11)16-8-6-13(10-16)5-7-15-9-13/h1-4,15H,5-10H2. The molecule has 86 valence electrons. The molecule has 2 aliphatic rings. The topological polar surface area (TPSA) is 15.3 Å². The van der Waals surface area contributed by atoms with E-state index in [0.29, 0.717) is 5.41 Å². The van der Waals surface area contributed by atoms with Crippen LogP contribution < -0.4 is 10.2 Å². The normalized spacial score (nSPS) is 29.2. The molecule has 1 spiro atoms. The van der Waals surface area contributed by atoms with Crippen LogP contribution in [0.1, 0.15) is 12.8 Å². The number of nitrogens with one attached hydrogen (secondary N) is 1. The van der Waals surface area contributed by atoms with Gasteiger partial charge in [-0.25, -0.2) is 0 Å². The van der Waals surface area contributed by atoms with Crippen LogP contribution in [0.15, 0.2) is 24.3 Å². The first-order valence-corrected chi connectivity index (χ1v) is 6.37. The van der Waals surface area contributed by atoms with Gasteiger partial charge in [0.05, 0.1) is 10.7 Å². The van der Waals surface area contributed by atoms with Crippen LogP contribution in [0, 0.1) is 5.41 Å². The molecule has 3 heteroatoms. The van der Waals surface area contributed by atoms with Crippen LogP contribution in [0.25, 0.3) is 0 Å². The Morgan fingerprint density at radius 3 is 2.88 bits per heavy atom. The number of para-hydroxylation sites is 1. The first-order valence-electron chi connectivity index (χ1n) is 5.99. The first kappa shape index (κ1) is 10.4. The summed E-state index contributed by atoms with van der Waals surface area (Å²) in [6, 6.07) is 8.17. The second kappa shape index (κ2) is 3.94. The van der Waals surface area contributed by atoms with Gasteiger partial charge in [0.1, 0.15) is 0 Å². The van der Waals surface area contributed by atoms with E-state index in [-0.39, 0.29) is 0 Å². The third kappa shape index (κ3) is 1.70. The van der Waals surface area contributed by atoms with Crippen LogP contribution in [-0.4, -0.2) is 26.2 Å². The minimum absolute atomic E-state index is 0.513. The highest BCUT2D eigenvalue weighted by Gasteiger charge is 2.40. The zero-order valence-electron chi connectivity index (χ0n) is 9.38. The van der Waals surface area contributed by atoms with Crippen molar-refractivity contribution in [1.82, 2.24) is 5.32 Å². The fourth-order valence-corrected chi connectivity index (χ4v) is 3.25. The lowest BCUT2D eigenvalue weighted by Crippen LogP contribution is -2.29. The Bertz CT molecular complexity index is 385. The number of nitrogens with zero attached hydrogens (tertiary/aromatic N) is 1. The largest absolute Gasteiger partial charge is 0.370 e. The Morgan fingerprint density at radius 2 is 2.12 bits per heavy atom. The van der Waals surface area contributed by atoms with E-state index >= 15 is 0 Å². The molecular weight excluding hydrogens is 220 g/mol. The van der Waals surface area contributed by atoms with Gasteiger partial charge >= 0.3 is 0 Å². The second-order valence-electron chi connectivity index (χ2n) is 5.05. The summed E-state index contributed by atoms with van der Waals surface area (Å²) in [6.07, 6.45) is 2.61. The molecule has 3 rings (SSSR count). The smallest absolute Gasteiger partial charge is 0.0639 e. The fraction of sp³-hybridized carbons (Fsp3) is 0.538. The van der Waals surface area contributed by atoms with Crippen LogP contribution in [0.4, 0.5) is 5.69 Å². The number of anilines is 1. The van der Waals surface area contributed by atoms with Gasteiger partial charge in [-0.05, 0) is 31.5 Å². The van der Waals surface area contributed by atoms with Crippen LogP contribution in [0.3, 0.4) is 0 Å². The van der Waals surface area contributed by atoms with E-state index in [4.69, 9.17) is 11.6 Å². The van der Waals surface area contributed by atoms with E-state index in [1.807, 2.05) is 12.1 Å². The van der Waals surface area contributed by atoms with Crippen LogP contribution in [0.5, 0.6) is 0 Å². The van der Waals surface area contributed by atoms with Gasteiger partial charge in [-0.15, -0.1) is 0 Å². The maximum absolute atomic E-state index is 6.24. The predicted molar refractivity (Wildman–Crippen MR) is 68.2 cm³/mol. The van der Waals surface area contributed by atoms with Crippen molar-refractivity contribution in [1.29, 1.82) is 0 Å². The zero-order chi connectivity index (χ0) is 11.0. The number of benzene rings is 1. The van der Waals surface area contributed by atoms with Gasteiger partial charge in [-0.3, -0.25) is 0 Å². The van der Waals surface area contributed by atoms with Gasteiger partial charge in [0.2, 0.25) is 0 Å². The molecular formula is C13H17ClN2. The molecule has 0 radical (unpaired) electrons. The fourth-order valence-electron chi connectivity index (χ4n) is 2.99. The summed E-state index contributed by atoms with van der Waals surface area (Å²) in [5, 5.41) is 4.36. The van der Waals surface area contributed by atoms with E-state index in [0.717, 1.165) is 18.1 Å². The van der Waals surface area contributed by atoms with Crippen molar-refractivity contribution in [2.24, 2.45) is 5.41 Å². The molecule has 2 nitrogen and oxygen atoms in total. The SMILES string of the molecule is Clc1ccccc1N1CCC2(CCNC2)C1. The summed E-state index contributed by atoms with van der Waals surface area (Å²) in [5.41, 5.74) is 1.71. The van der Waals surface area contributed by atoms with Crippen LogP contribution in [-0.2, 0) is 0 Å². The van der Waals surface area contributed by atoms with Gasteiger partial charge in [0, 0.05) is 25.0 Å². The number of hydrogen-bond donors (Lipinski definition) is 1. The van der Waals surface area contributed by atoms with Crippen molar-refractivity contribution in [3.05, 3.63) is 29.3 Å². The zero-order valence-corrected chi connectivity index (χ0v) is 10.1. The lowest BCUT2D eigenvalue weighted by atomic mass is 9.86. The van der Waals surface area contributed by atoms with E-state index in [1.165, 1.54) is 31.6 Å². The molecule has 0 bridgehead atoms. The summed E-state index contributed by atoms with van der Waals surface area (Å²) in [7, 11) is 0. The lowest BCUT2D eigenvalue weighted by Gasteiger charge is -2.24. The maximum atomic E-state index is 6.24. The van der Waals surface area contributed by atoms with Gasteiger partial charge in [-0.2, -0.15) is 0 Å². The number of rotatable bonds is 1. The van der Waals surface area contributed by atoms with Gasteiger partial charge < -0.3 is 10.2 Å². The molecule has 1 aromatic carbocycles. The van der Waals surface area contributed by atoms with E-state index < -0.39 is 0 Å². The molecule has 2 fully saturated rings. The van der Waals surface area contributed by atoms with Gasteiger partial charge in [-0.1, -0.05) is 23.7 Å². The highest BCUT2D eigenvalue weighted by molar-refractivity contribution is 6.33. The minimum atomic E-state index is 0.513. The summed E-state index contributed by atoms with van der Waals surface area (Å²) in [6.45, 7) is 4.65. The molecule has 1 N–H and O–H groups in total. The molecule has 2 aliphatic heterocycles. The summed E-state index contributed by atoms with van der Waals surface area (Å²) in [5.74, 6) is 0. The third-order valence-corrected chi connectivity index (χ3v) is 4.28. The third-order valence-electron chi connectivity index (χ3n) is 3.96. The van der Waals surface area contributed by atoms with Crippen molar-refractivity contribution >= 4 is 17.3 Å². The Hall–Kier alpha value is -0.730. The molecule has 0 saturated carbocycles. The summed E-state index contributed by atoms with van der Waals surface area (Å²) < 4.78 is 0. The average molecular weight is 237 g/mol. The monoisotopic (exact) mass is 236 g/mol. The molecule has 2 saturated heterocycles. The molecule has 0 amide bonds. The Balaban J connectivity index is 1.81. The Labute approximate surface area is 102 Å². The molecule has 0 aromatic heterocycles. The van der Waals surface area contributed by atoms with Crippen molar-refractivity contribution in [2.75, 3.05) is 31.1 Å². The van der Waals surface area contributed by atoms with Crippen molar-refractivity contribution in [3.8, 4) is 0 Å². The summed E-state index contributed by atoms with van der Waals surface area (Å²) in [4.78, 5) is 2.44. The average Bonchev–Trinajstić information content (AvgIpc) is 2.91. The summed E-state index contributed by atoms with van der Waals surface area (Å²) >= 11 is 6.24. The molecule has 1 unspecified atom stereocenters. The second-order valence-corrected chi connectivity index (χ2v) is 5.46. The Morgan fingerprint density at radius 1 is 1.25 bits per heavy atom. The molecule has 1 atom stereocenters. The molecule has 16 heavy (non-hydrogen) atoms. The van der Waals surface area contributed by atoms with Crippen LogP contribution in [0.2, 0.25) is 5.02 Å². The van der Waals surface area contributed by atoms with Crippen molar-refractivity contribution in [3.63, 3.8) is 0 Å². The first-order chi connectivity index (χ1) is 7.79. The number of hydrogen-bond acceptors (Lipinski definition) is 2. The molecule has 2 heterocycles. The minimum Gasteiger partial charge on any atom is -0.370 e. The van der Waals surface area contributed by atoms with Crippen molar-refractivity contribution in [2.45, 2.75) is 12.8 Å².